The van der Waals surface area contributed by atoms with Crippen molar-refractivity contribution in [3.05, 3.63) is 35.1 Å². The summed E-state index contributed by atoms with van der Waals surface area (Å²) in [5, 5.41) is 0. The van der Waals surface area contributed by atoms with Crippen LogP contribution in [0.3, 0.4) is 0 Å². The summed E-state index contributed by atoms with van der Waals surface area (Å²) in [4.78, 5) is 11.6. The van der Waals surface area contributed by atoms with Gasteiger partial charge >= 0.3 is 0 Å². The van der Waals surface area contributed by atoms with E-state index in [1.807, 2.05) is 13.8 Å². The van der Waals surface area contributed by atoms with Crippen LogP contribution in [0.1, 0.15) is 30.9 Å². The molecule has 3 heteroatoms. The molecule has 1 rings (SSSR count). The van der Waals surface area contributed by atoms with E-state index in [0.29, 0.717) is 19.3 Å². The highest BCUT2D eigenvalue weighted by molar-refractivity contribution is 5.81. The highest BCUT2D eigenvalue weighted by Gasteiger charge is 2.08. The molecule has 16 heavy (non-hydrogen) atoms. The molecule has 0 aliphatic carbocycles. The molecule has 1 aromatic rings. The summed E-state index contributed by atoms with van der Waals surface area (Å²) in [6, 6.07) is 4.57. The Morgan fingerprint density at radius 3 is 2.81 bits per heavy atom. The zero-order valence-corrected chi connectivity index (χ0v) is 9.79. The molecule has 0 aliphatic heterocycles. The Labute approximate surface area is 95.7 Å². The van der Waals surface area contributed by atoms with Crippen LogP contribution < -0.4 is 5.73 Å². The molecule has 1 unspecified atom stereocenters. The SMILES string of the molecule is Cc1ccc(F)cc1CC(=O)CCC(C)N. The van der Waals surface area contributed by atoms with Gasteiger partial charge in [-0.3, -0.25) is 4.79 Å². The minimum absolute atomic E-state index is 0.0394. The molecule has 1 aromatic carbocycles. The Bertz CT molecular complexity index is 374. The van der Waals surface area contributed by atoms with Crippen molar-refractivity contribution in [3.8, 4) is 0 Å². The first-order chi connectivity index (χ1) is 7.49. The standard InChI is InChI=1S/C13H18FNO/c1-9-3-5-12(14)7-11(9)8-13(16)6-4-10(2)15/h3,5,7,10H,4,6,8,15H2,1-2H3. The predicted octanol–water partition coefficient (Wildman–Crippen LogP) is 2.37. The molecule has 0 radical (unpaired) electrons. The molecule has 0 aliphatic rings. The minimum atomic E-state index is -0.291. The maximum Gasteiger partial charge on any atom is 0.137 e. The first-order valence-corrected chi connectivity index (χ1v) is 5.51. The van der Waals surface area contributed by atoms with Gasteiger partial charge in [-0.2, -0.15) is 0 Å². The monoisotopic (exact) mass is 223 g/mol. The minimum Gasteiger partial charge on any atom is -0.328 e. The van der Waals surface area contributed by atoms with E-state index < -0.39 is 0 Å². The Morgan fingerprint density at radius 1 is 1.50 bits per heavy atom. The number of hydrogen-bond acceptors (Lipinski definition) is 2. The molecule has 0 aromatic heterocycles. The number of carbonyl (C=O) groups is 1. The third-order valence-corrected chi connectivity index (χ3v) is 2.58. The van der Waals surface area contributed by atoms with Crippen molar-refractivity contribution in [1.82, 2.24) is 0 Å². The summed E-state index contributed by atoms with van der Waals surface area (Å²) in [6.45, 7) is 3.76. The molecule has 0 spiro atoms. The second-order valence-electron chi connectivity index (χ2n) is 4.30. The lowest BCUT2D eigenvalue weighted by atomic mass is 10.00. The summed E-state index contributed by atoms with van der Waals surface area (Å²) in [5.74, 6) is -0.174. The zero-order chi connectivity index (χ0) is 12.1. The molecular formula is C13H18FNO. The van der Waals surface area contributed by atoms with Gasteiger partial charge in [-0.05, 0) is 43.5 Å². The average Bonchev–Trinajstić information content (AvgIpc) is 2.20. The van der Waals surface area contributed by atoms with Gasteiger partial charge in [-0.15, -0.1) is 0 Å². The smallest absolute Gasteiger partial charge is 0.137 e. The number of halogens is 1. The first-order valence-electron chi connectivity index (χ1n) is 5.51. The van der Waals surface area contributed by atoms with Gasteiger partial charge in [-0.1, -0.05) is 6.07 Å². The molecule has 0 saturated heterocycles. The fraction of sp³-hybridized carbons (Fsp3) is 0.462. The van der Waals surface area contributed by atoms with Crippen molar-refractivity contribution in [2.24, 2.45) is 5.73 Å². The molecule has 2 nitrogen and oxygen atoms in total. The summed E-state index contributed by atoms with van der Waals surface area (Å²) < 4.78 is 13.0. The van der Waals surface area contributed by atoms with Crippen molar-refractivity contribution in [3.63, 3.8) is 0 Å². The number of rotatable bonds is 5. The summed E-state index contributed by atoms with van der Waals surface area (Å²) >= 11 is 0. The van der Waals surface area contributed by atoms with E-state index in [-0.39, 0.29) is 17.6 Å². The average molecular weight is 223 g/mol. The van der Waals surface area contributed by atoms with E-state index in [9.17, 15) is 9.18 Å². The van der Waals surface area contributed by atoms with E-state index in [2.05, 4.69) is 0 Å². The van der Waals surface area contributed by atoms with E-state index in [0.717, 1.165) is 11.1 Å². The normalized spacial score (nSPS) is 12.5. The molecular weight excluding hydrogens is 205 g/mol. The van der Waals surface area contributed by atoms with Crippen LogP contribution in [0.2, 0.25) is 0 Å². The Balaban J connectivity index is 2.59. The van der Waals surface area contributed by atoms with Gasteiger partial charge in [0.15, 0.2) is 0 Å². The Hall–Kier alpha value is -1.22. The van der Waals surface area contributed by atoms with E-state index in [1.165, 1.54) is 12.1 Å². The van der Waals surface area contributed by atoms with Gasteiger partial charge in [0.1, 0.15) is 11.6 Å². The van der Waals surface area contributed by atoms with Crippen molar-refractivity contribution in [2.75, 3.05) is 0 Å². The first kappa shape index (κ1) is 12.8. The van der Waals surface area contributed by atoms with Crippen molar-refractivity contribution < 1.29 is 9.18 Å². The number of hydrogen-bond donors (Lipinski definition) is 1. The fourth-order valence-corrected chi connectivity index (χ4v) is 1.52. The van der Waals surface area contributed by atoms with Crippen LogP contribution in [0.25, 0.3) is 0 Å². The van der Waals surface area contributed by atoms with Crippen molar-refractivity contribution >= 4 is 5.78 Å². The maximum absolute atomic E-state index is 13.0. The second kappa shape index (κ2) is 5.75. The van der Waals surface area contributed by atoms with Gasteiger partial charge in [0.2, 0.25) is 0 Å². The number of carbonyl (C=O) groups excluding carboxylic acids is 1. The molecule has 1 atom stereocenters. The lowest BCUT2D eigenvalue weighted by molar-refractivity contribution is -0.118. The van der Waals surface area contributed by atoms with Gasteiger partial charge in [-0.25, -0.2) is 4.39 Å². The lowest BCUT2D eigenvalue weighted by Crippen LogP contribution is -2.17. The molecule has 0 fully saturated rings. The summed E-state index contributed by atoms with van der Waals surface area (Å²) in [5.41, 5.74) is 7.30. The number of nitrogens with two attached hydrogens (primary N) is 1. The van der Waals surface area contributed by atoms with Gasteiger partial charge < -0.3 is 5.73 Å². The fourth-order valence-electron chi connectivity index (χ4n) is 1.52. The topological polar surface area (TPSA) is 43.1 Å². The molecule has 0 bridgehead atoms. The quantitative estimate of drug-likeness (QED) is 0.832. The van der Waals surface area contributed by atoms with Gasteiger partial charge in [0, 0.05) is 18.9 Å². The van der Waals surface area contributed by atoms with Gasteiger partial charge in [0.25, 0.3) is 0 Å². The number of Topliss-reactive ketones (excluding diaryl/α,β-unsaturated/α-hetero) is 1. The summed E-state index contributed by atoms with van der Waals surface area (Å²) in [7, 11) is 0. The van der Waals surface area contributed by atoms with Crippen LogP contribution >= 0.6 is 0 Å². The largest absolute Gasteiger partial charge is 0.328 e. The molecule has 0 amide bonds. The molecule has 88 valence electrons. The lowest BCUT2D eigenvalue weighted by Gasteiger charge is -2.06. The number of benzene rings is 1. The zero-order valence-electron chi connectivity index (χ0n) is 9.79. The Morgan fingerprint density at radius 2 is 2.19 bits per heavy atom. The van der Waals surface area contributed by atoms with E-state index in [4.69, 9.17) is 5.73 Å². The van der Waals surface area contributed by atoms with Crippen LogP contribution in [0.5, 0.6) is 0 Å². The molecule has 0 heterocycles. The second-order valence-corrected chi connectivity index (χ2v) is 4.30. The van der Waals surface area contributed by atoms with E-state index in [1.54, 1.807) is 6.07 Å². The molecule has 0 saturated carbocycles. The van der Waals surface area contributed by atoms with Crippen LogP contribution in [-0.2, 0) is 11.2 Å². The summed E-state index contributed by atoms with van der Waals surface area (Å²) in [6.07, 6.45) is 1.46. The highest BCUT2D eigenvalue weighted by Crippen LogP contribution is 2.12. The third kappa shape index (κ3) is 4.11. The van der Waals surface area contributed by atoms with Crippen LogP contribution in [0, 0.1) is 12.7 Å². The maximum atomic E-state index is 13.0. The van der Waals surface area contributed by atoms with Crippen LogP contribution in [-0.4, -0.2) is 11.8 Å². The van der Waals surface area contributed by atoms with Crippen molar-refractivity contribution in [2.45, 2.75) is 39.2 Å². The van der Waals surface area contributed by atoms with Crippen LogP contribution in [0.4, 0.5) is 4.39 Å². The molecule has 2 N–H and O–H groups in total. The third-order valence-electron chi connectivity index (χ3n) is 2.58. The highest BCUT2D eigenvalue weighted by atomic mass is 19.1. The number of ketones is 1. The Kier molecular flexibility index (Phi) is 4.62. The predicted molar refractivity (Wildman–Crippen MR) is 62.7 cm³/mol. The van der Waals surface area contributed by atoms with Crippen LogP contribution in [0.15, 0.2) is 18.2 Å². The number of aryl methyl sites for hydroxylation is 1. The van der Waals surface area contributed by atoms with Crippen molar-refractivity contribution in [1.29, 1.82) is 0 Å². The van der Waals surface area contributed by atoms with Gasteiger partial charge in [0.05, 0.1) is 0 Å². The van der Waals surface area contributed by atoms with E-state index >= 15 is 0 Å².